The summed E-state index contributed by atoms with van der Waals surface area (Å²) in [7, 11) is 1.33. The van der Waals surface area contributed by atoms with E-state index in [0.29, 0.717) is 12.2 Å². The normalized spacial score (nSPS) is 11.5. The van der Waals surface area contributed by atoms with Crippen LogP contribution in [0.4, 0.5) is 0 Å². The highest BCUT2D eigenvalue weighted by atomic mass is 16.5. The van der Waals surface area contributed by atoms with Crippen molar-refractivity contribution in [3.05, 3.63) is 71.3 Å². The topological polar surface area (TPSA) is 52.6 Å². The van der Waals surface area contributed by atoms with Crippen LogP contribution >= 0.6 is 0 Å². The summed E-state index contributed by atoms with van der Waals surface area (Å²) >= 11 is 0. The van der Waals surface area contributed by atoms with Gasteiger partial charge in [-0.05, 0) is 30.2 Å². The fourth-order valence-electron chi connectivity index (χ4n) is 2.27. The highest BCUT2D eigenvalue weighted by Crippen LogP contribution is 2.26. The lowest BCUT2D eigenvalue weighted by atomic mass is 9.91. The van der Waals surface area contributed by atoms with E-state index < -0.39 is 11.9 Å². The maximum absolute atomic E-state index is 12.3. The second-order valence-electron chi connectivity index (χ2n) is 4.71. The number of carbonyl (C=O) groups excluding carboxylic acids is 2. The number of benzene rings is 2. The van der Waals surface area contributed by atoms with Crippen LogP contribution in [-0.4, -0.2) is 25.7 Å². The number of hydrogen-bond donors (Lipinski definition) is 0. The summed E-state index contributed by atoms with van der Waals surface area (Å²) in [5.74, 6) is -1.22. The smallest absolute Gasteiger partial charge is 0.337 e. The Bertz CT molecular complexity index is 632. The molecule has 1 atom stereocenters. The zero-order valence-corrected chi connectivity index (χ0v) is 12.6. The van der Waals surface area contributed by atoms with Gasteiger partial charge in [-0.15, -0.1) is 0 Å². The number of rotatable bonds is 5. The number of ether oxygens (including phenoxy) is 2. The standard InChI is InChI=1S/C18H18O4/c1-3-22-18(20)16(13-7-5-4-6-8-13)14-9-11-15(12-10-14)17(19)21-2/h4-12,16H,3H2,1-2H3. The van der Waals surface area contributed by atoms with Gasteiger partial charge in [0, 0.05) is 0 Å². The van der Waals surface area contributed by atoms with E-state index in [0.717, 1.165) is 11.1 Å². The summed E-state index contributed by atoms with van der Waals surface area (Å²) in [6.07, 6.45) is 0. The lowest BCUT2D eigenvalue weighted by molar-refractivity contribution is -0.143. The van der Waals surface area contributed by atoms with E-state index in [2.05, 4.69) is 4.74 Å². The molecule has 114 valence electrons. The maximum atomic E-state index is 12.3. The van der Waals surface area contributed by atoms with Crippen LogP contribution in [0.1, 0.15) is 34.3 Å². The quantitative estimate of drug-likeness (QED) is 0.796. The van der Waals surface area contributed by atoms with Gasteiger partial charge in [0.05, 0.1) is 19.3 Å². The second kappa shape index (κ2) is 7.41. The monoisotopic (exact) mass is 298 g/mol. The molecule has 0 saturated heterocycles. The number of hydrogen-bond acceptors (Lipinski definition) is 4. The first-order valence-electron chi connectivity index (χ1n) is 7.07. The van der Waals surface area contributed by atoms with Crippen molar-refractivity contribution in [2.75, 3.05) is 13.7 Å². The van der Waals surface area contributed by atoms with E-state index in [-0.39, 0.29) is 5.97 Å². The van der Waals surface area contributed by atoms with Crippen molar-refractivity contribution >= 4 is 11.9 Å². The van der Waals surface area contributed by atoms with Gasteiger partial charge in [0.1, 0.15) is 5.92 Å². The van der Waals surface area contributed by atoms with E-state index in [1.807, 2.05) is 30.3 Å². The molecule has 0 fully saturated rings. The van der Waals surface area contributed by atoms with E-state index in [1.165, 1.54) is 7.11 Å². The van der Waals surface area contributed by atoms with Crippen LogP contribution in [0.3, 0.4) is 0 Å². The molecular formula is C18H18O4. The molecule has 0 heterocycles. The van der Waals surface area contributed by atoms with Crippen molar-refractivity contribution in [3.8, 4) is 0 Å². The van der Waals surface area contributed by atoms with Gasteiger partial charge in [0.2, 0.25) is 0 Å². The third-order valence-corrected chi connectivity index (χ3v) is 3.32. The minimum atomic E-state index is -0.507. The molecule has 0 spiro atoms. The fourth-order valence-corrected chi connectivity index (χ4v) is 2.27. The Morgan fingerprint density at radius 3 is 2.09 bits per heavy atom. The van der Waals surface area contributed by atoms with Gasteiger partial charge in [0.25, 0.3) is 0 Å². The van der Waals surface area contributed by atoms with Crippen LogP contribution in [0.5, 0.6) is 0 Å². The largest absolute Gasteiger partial charge is 0.465 e. The minimum Gasteiger partial charge on any atom is -0.465 e. The van der Waals surface area contributed by atoms with E-state index in [4.69, 9.17) is 4.74 Å². The van der Waals surface area contributed by atoms with Gasteiger partial charge in [-0.2, -0.15) is 0 Å². The van der Waals surface area contributed by atoms with Crippen LogP contribution < -0.4 is 0 Å². The van der Waals surface area contributed by atoms with Crippen molar-refractivity contribution < 1.29 is 19.1 Å². The van der Waals surface area contributed by atoms with Crippen LogP contribution in [0.15, 0.2) is 54.6 Å². The minimum absolute atomic E-state index is 0.306. The van der Waals surface area contributed by atoms with Gasteiger partial charge in [0.15, 0.2) is 0 Å². The molecule has 0 bridgehead atoms. The predicted molar refractivity (Wildman–Crippen MR) is 82.7 cm³/mol. The molecule has 0 aromatic heterocycles. The first-order chi connectivity index (χ1) is 10.7. The predicted octanol–water partition coefficient (Wildman–Crippen LogP) is 3.17. The molecule has 4 heteroatoms. The molecule has 22 heavy (non-hydrogen) atoms. The first-order valence-corrected chi connectivity index (χ1v) is 7.07. The lowest BCUT2D eigenvalue weighted by Crippen LogP contribution is -2.17. The Labute approximate surface area is 129 Å². The molecule has 1 unspecified atom stereocenters. The first kappa shape index (κ1) is 15.8. The number of esters is 2. The Morgan fingerprint density at radius 1 is 0.955 bits per heavy atom. The Morgan fingerprint density at radius 2 is 1.55 bits per heavy atom. The van der Waals surface area contributed by atoms with Gasteiger partial charge in [-0.1, -0.05) is 42.5 Å². The maximum Gasteiger partial charge on any atom is 0.337 e. The molecule has 4 nitrogen and oxygen atoms in total. The van der Waals surface area contributed by atoms with Crippen molar-refractivity contribution in [1.29, 1.82) is 0 Å². The molecular weight excluding hydrogens is 280 g/mol. The van der Waals surface area contributed by atoms with E-state index in [9.17, 15) is 9.59 Å². The van der Waals surface area contributed by atoms with Crippen LogP contribution in [0.2, 0.25) is 0 Å². The highest BCUT2D eigenvalue weighted by molar-refractivity contribution is 5.89. The molecule has 0 amide bonds. The average molecular weight is 298 g/mol. The molecule has 2 aromatic carbocycles. The van der Waals surface area contributed by atoms with Gasteiger partial charge in [-0.25, -0.2) is 4.79 Å². The summed E-state index contributed by atoms with van der Waals surface area (Å²) in [5.41, 5.74) is 2.07. The number of methoxy groups -OCH3 is 1. The van der Waals surface area contributed by atoms with Crippen molar-refractivity contribution in [2.24, 2.45) is 0 Å². The summed E-state index contributed by atoms with van der Waals surface area (Å²) < 4.78 is 9.86. The van der Waals surface area contributed by atoms with Crippen LogP contribution in [-0.2, 0) is 14.3 Å². The molecule has 2 rings (SSSR count). The van der Waals surface area contributed by atoms with E-state index in [1.54, 1.807) is 31.2 Å². The van der Waals surface area contributed by atoms with Crippen LogP contribution in [0, 0.1) is 0 Å². The van der Waals surface area contributed by atoms with Crippen molar-refractivity contribution in [3.63, 3.8) is 0 Å². The van der Waals surface area contributed by atoms with Crippen LogP contribution in [0.25, 0.3) is 0 Å². The molecule has 0 aliphatic carbocycles. The van der Waals surface area contributed by atoms with Gasteiger partial charge < -0.3 is 9.47 Å². The Kier molecular flexibility index (Phi) is 5.31. The molecule has 0 saturated carbocycles. The highest BCUT2D eigenvalue weighted by Gasteiger charge is 2.24. The summed E-state index contributed by atoms with van der Waals surface area (Å²) in [4.78, 5) is 23.8. The van der Waals surface area contributed by atoms with Crippen molar-refractivity contribution in [2.45, 2.75) is 12.8 Å². The Hall–Kier alpha value is -2.62. The lowest BCUT2D eigenvalue weighted by Gasteiger charge is -2.16. The third kappa shape index (κ3) is 3.52. The van der Waals surface area contributed by atoms with Crippen molar-refractivity contribution in [1.82, 2.24) is 0 Å². The van der Waals surface area contributed by atoms with E-state index >= 15 is 0 Å². The SMILES string of the molecule is CCOC(=O)C(c1ccccc1)c1ccc(C(=O)OC)cc1. The fraction of sp³-hybridized carbons (Fsp3) is 0.222. The molecule has 2 aromatic rings. The molecule has 0 N–H and O–H groups in total. The van der Waals surface area contributed by atoms with Gasteiger partial charge >= 0.3 is 11.9 Å². The summed E-state index contributed by atoms with van der Waals surface area (Å²) in [6.45, 7) is 2.10. The summed E-state index contributed by atoms with van der Waals surface area (Å²) in [5, 5.41) is 0. The summed E-state index contributed by atoms with van der Waals surface area (Å²) in [6, 6.07) is 16.2. The zero-order valence-electron chi connectivity index (χ0n) is 12.6. The molecule has 0 radical (unpaired) electrons. The van der Waals surface area contributed by atoms with Gasteiger partial charge in [-0.3, -0.25) is 4.79 Å². The molecule has 0 aliphatic rings. The average Bonchev–Trinajstić information content (AvgIpc) is 2.56. The zero-order chi connectivity index (χ0) is 15.9. The Balaban J connectivity index is 2.37. The molecule has 0 aliphatic heterocycles. The third-order valence-electron chi connectivity index (χ3n) is 3.32. The second-order valence-corrected chi connectivity index (χ2v) is 4.71. The number of carbonyl (C=O) groups is 2.